The molecule has 0 radical (unpaired) electrons. The van der Waals surface area contributed by atoms with Crippen molar-refractivity contribution in [1.82, 2.24) is 19.7 Å². The van der Waals surface area contributed by atoms with Gasteiger partial charge in [-0.1, -0.05) is 16.8 Å². The number of aromatic nitrogens is 4. The molecule has 0 aliphatic heterocycles. The van der Waals surface area contributed by atoms with Crippen LogP contribution in [0.15, 0.2) is 70.2 Å². The van der Waals surface area contributed by atoms with Crippen LogP contribution in [0.1, 0.15) is 5.82 Å². The number of fused-ring (bicyclic) bond motifs is 1. The summed E-state index contributed by atoms with van der Waals surface area (Å²) in [5, 5.41) is 4.61. The van der Waals surface area contributed by atoms with E-state index < -0.39 is 0 Å². The lowest BCUT2D eigenvalue weighted by atomic mass is 10.2. The second-order valence-electron chi connectivity index (χ2n) is 6.75. The molecule has 31 heavy (non-hydrogen) atoms. The van der Waals surface area contributed by atoms with E-state index in [1.807, 2.05) is 30.3 Å². The Morgan fingerprint density at radius 2 is 1.84 bits per heavy atom. The zero-order chi connectivity index (χ0) is 21.4. The van der Waals surface area contributed by atoms with E-state index in [1.54, 1.807) is 31.4 Å². The van der Waals surface area contributed by atoms with E-state index in [1.165, 1.54) is 22.2 Å². The number of nitrogens with zero attached hydrogens (tertiary/aromatic N) is 4. The molecule has 0 bridgehead atoms. The summed E-state index contributed by atoms with van der Waals surface area (Å²) in [6.07, 6.45) is 1.51. The third kappa shape index (κ3) is 3.83. The van der Waals surface area contributed by atoms with E-state index in [0.717, 1.165) is 21.8 Å². The van der Waals surface area contributed by atoms with Crippen molar-refractivity contribution in [1.29, 1.82) is 0 Å². The molecule has 9 heteroatoms. The molecular formula is C22H15ClN4O3S. The lowest BCUT2D eigenvalue weighted by molar-refractivity contribution is 0.415. The first kappa shape index (κ1) is 19.5. The Hall–Kier alpha value is -3.49. The monoisotopic (exact) mass is 450 g/mol. The largest absolute Gasteiger partial charge is 0.497 e. The third-order valence-corrected chi connectivity index (χ3v) is 6.16. The highest BCUT2D eigenvalue weighted by molar-refractivity contribution is 7.22. The number of thiophene rings is 1. The summed E-state index contributed by atoms with van der Waals surface area (Å²) in [5.74, 6) is 1.54. The van der Waals surface area contributed by atoms with Crippen molar-refractivity contribution in [2.45, 2.75) is 6.54 Å². The molecule has 0 aliphatic carbocycles. The molecule has 0 atom stereocenters. The molecular weight excluding hydrogens is 436 g/mol. The van der Waals surface area contributed by atoms with Gasteiger partial charge in [-0.2, -0.15) is 4.98 Å². The topological polar surface area (TPSA) is 83.0 Å². The summed E-state index contributed by atoms with van der Waals surface area (Å²) < 4.78 is 12.6. The molecule has 5 aromatic rings. The van der Waals surface area contributed by atoms with Crippen LogP contribution in [0.5, 0.6) is 5.75 Å². The number of methoxy groups -OCH3 is 1. The highest BCUT2D eigenvalue weighted by Crippen LogP contribution is 2.31. The number of hydrogen-bond acceptors (Lipinski definition) is 7. The van der Waals surface area contributed by atoms with Crippen LogP contribution in [-0.4, -0.2) is 26.8 Å². The molecule has 3 heterocycles. The highest BCUT2D eigenvalue weighted by atomic mass is 35.5. The van der Waals surface area contributed by atoms with Crippen LogP contribution >= 0.6 is 22.9 Å². The van der Waals surface area contributed by atoms with Gasteiger partial charge in [-0.25, -0.2) is 4.98 Å². The standard InChI is InChI=1S/C22H15ClN4O3S/c1-29-16-8-4-13(5-9-16)18-10-17-20(31-18)22(28)27(12-24-17)11-19-25-21(30-26-19)14-2-6-15(23)7-3-14/h2-10,12H,11H2,1H3. The van der Waals surface area contributed by atoms with E-state index in [2.05, 4.69) is 15.1 Å². The van der Waals surface area contributed by atoms with E-state index in [9.17, 15) is 4.79 Å². The van der Waals surface area contributed by atoms with Crippen LogP contribution in [-0.2, 0) is 6.54 Å². The SMILES string of the molecule is COc1ccc(-c2cc3ncn(Cc4noc(-c5ccc(Cl)cc5)n4)c(=O)c3s2)cc1. The van der Waals surface area contributed by atoms with Crippen molar-refractivity contribution in [2.24, 2.45) is 0 Å². The zero-order valence-electron chi connectivity index (χ0n) is 16.3. The van der Waals surface area contributed by atoms with Gasteiger partial charge in [0.05, 0.1) is 25.5 Å². The number of ether oxygens (including phenoxy) is 1. The fraction of sp³-hybridized carbons (Fsp3) is 0.0909. The molecule has 0 N–H and O–H groups in total. The van der Waals surface area contributed by atoms with Crippen molar-refractivity contribution >= 4 is 33.2 Å². The van der Waals surface area contributed by atoms with Gasteiger partial charge in [0, 0.05) is 15.5 Å². The lowest BCUT2D eigenvalue weighted by Gasteiger charge is -2.00. The molecule has 7 nitrogen and oxygen atoms in total. The maximum Gasteiger partial charge on any atom is 0.271 e. The Labute approximate surface area is 185 Å². The molecule has 0 aliphatic rings. The maximum absolute atomic E-state index is 13.0. The van der Waals surface area contributed by atoms with Gasteiger partial charge in [-0.3, -0.25) is 9.36 Å². The van der Waals surface area contributed by atoms with Crippen LogP contribution in [0.2, 0.25) is 5.02 Å². The molecule has 2 aromatic carbocycles. The fourth-order valence-corrected chi connectivity index (χ4v) is 4.33. The van der Waals surface area contributed by atoms with Gasteiger partial charge in [-0.05, 0) is 60.2 Å². The first-order valence-electron chi connectivity index (χ1n) is 9.32. The summed E-state index contributed by atoms with van der Waals surface area (Å²) in [5.41, 5.74) is 2.27. The molecule has 3 aromatic heterocycles. The number of halogens is 1. The third-order valence-electron chi connectivity index (χ3n) is 4.75. The van der Waals surface area contributed by atoms with Gasteiger partial charge in [0.1, 0.15) is 10.4 Å². The molecule has 5 rings (SSSR count). The quantitative estimate of drug-likeness (QED) is 0.379. The Morgan fingerprint density at radius 3 is 2.58 bits per heavy atom. The predicted molar refractivity (Wildman–Crippen MR) is 120 cm³/mol. The van der Waals surface area contributed by atoms with Crippen LogP contribution < -0.4 is 10.3 Å². The van der Waals surface area contributed by atoms with Crippen molar-refractivity contribution in [2.75, 3.05) is 7.11 Å². The van der Waals surface area contributed by atoms with E-state index in [0.29, 0.717) is 27.0 Å². The minimum atomic E-state index is -0.146. The van der Waals surface area contributed by atoms with Gasteiger partial charge >= 0.3 is 0 Å². The molecule has 154 valence electrons. The lowest BCUT2D eigenvalue weighted by Crippen LogP contribution is -2.20. The van der Waals surface area contributed by atoms with Gasteiger partial charge in [0.2, 0.25) is 0 Å². The van der Waals surface area contributed by atoms with E-state index in [4.69, 9.17) is 20.9 Å². The van der Waals surface area contributed by atoms with Crippen LogP contribution in [0.4, 0.5) is 0 Å². The second-order valence-corrected chi connectivity index (χ2v) is 8.24. The van der Waals surface area contributed by atoms with Gasteiger partial charge < -0.3 is 9.26 Å². The Kier molecular flexibility index (Phi) is 5.01. The minimum absolute atomic E-state index is 0.146. The first-order valence-corrected chi connectivity index (χ1v) is 10.5. The smallest absolute Gasteiger partial charge is 0.271 e. The van der Waals surface area contributed by atoms with Crippen molar-refractivity contribution in [3.63, 3.8) is 0 Å². The van der Waals surface area contributed by atoms with Crippen LogP contribution in [0.25, 0.3) is 32.1 Å². The molecule has 0 fully saturated rings. The van der Waals surface area contributed by atoms with E-state index >= 15 is 0 Å². The summed E-state index contributed by atoms with van der Waals surface area (Å²) in [6, 6.07) is 16.7. The van der Waals surface area contributed by atoms with Crippen LogP contribution in [0, 0.1) is 0 Å². The number of benzene rings is 2. The average Bonchev–Trinajstić information content (AvgIpc) is 3.44. The molecule has 0 saturated heterocycles. The number of hydrogen-bond donors (Lipinski definition) is 0. The average molecular weight is 451 g/mol. The van der Waals surface area contributed by atoms with E-state index in [-0.39, 0.29) is 12.1 Å². The molecule has 0 spiro atoms. The zero-order valence-corrected chi connectivity index (χ0v) is 17.9. The molecule has 0 saturated carbocycles. The molecule has 0 amide bonds. The minimum Gasteiger partial charge on any atom is -0.497 e. The first-order chi connectivity index (χ1) is 15.1. The Bertz CT molecular complexity index is 1420. The summed E-state index contributed by atoms with van der Waals surface area (Å²) in [6.45, 7) is 0.161. The maximum atomic E-state index is 13.0. The Balaban J connectivity index is 1.43. The molecule has 0 unspecified atom stereocenters. The summed E-state index contributed by atoms with van der Waals surface area (Å²) >= 11 is 7.32. The van der Waals surface area contributed by atoms with Crippen molar-refractivity contribution < 1.29 is 9.26 Å². The summed E-state index contributed by atoms with van der Waals surface area (Å²) in [4.78, 5) is 22.8. The van der Waals surface area contributed by atoms with Crippen molar-refractivity contribution in [3.05, 3.63) is 82.1 Å². The predicted octanol–water partition coefficient (Wildman–Crippen LogP) is 4.89. The van der Waals surface area contributed by atoms with Crippen molar-refractivity contribution in [3.8, 4) is 27.6 Å². The number of rotatable bonds is 5. The van der Waals surface area contributed by atoms with Gasteiger partial charge in [0.25, 0.3) is 11.4 Å². The highest BCUT2D eigenvalue weighted by Gasteiger charge is 2.14. The van der Waals surface area contributed by atoms with Crippen LogP contribution in [0.3, 0.4) is 0 Å². The fourth-order valence-electron chi connectivity index (χ4n) is 3.14. The second kappa shape index (κ2) is 7.98. The summed E-state index contributed by atoms with van der Waals surface area (Å²) in [7, 11) is 1.63. The van der Waals surface area contributed by atoms with Gasteiger partial charge in [0.15, 0.2) is 5.82 Å². The van der Waals surface area contributed by atoms with Gasteiger partial charge in [-0.15, -0.1) is 11.3 Å². The normalized spacial score (nSPS) is 11.2. The Morgan fingerprint density at radius 1 is 1.10 bits per heavy atom.